The maximum Gasteiger partial charge on any atom is 0.153 e. The lowest BCUT2D eigenvalue weighted by Gasteiger charge is -2.08. The summed E-state index contributed by atoms with van der Waals surface area (Å²) in [7, 11) is 0. The van der Waals surface area contributed by atoms with E-state index in [0.29, 0.717) is 21.6 Å². The number of aromatic nitrogens is 1. The number of hydrogen-bond acceptors (Lipinski definition) is 3. The minimum atomic E-state index is 0.560. The first-order chi connectivity index (χ1) is 7.65. The van der Waals surface area contributed by atoms with Crippen molar-refractivity contribution in [3.05, 3.63) is 46.6 Å². The molecule has 0 spiro atoms. The number of halogens is 2. The van der Waals surface area contributed by atoms with Gasteiger partial charge in [0.1, 0.15) is 0 Å². The van der Waals surface area contributed by atoms with Crippen LogP contribution in [0.3, 0.4) is 0 Å². The summed E-state index contributed by atoms with van der Waals surface area (Å²) >= 11 is 11.8. The van der Waals surface area contributed by atoms with Gasteiger partial charge in [-0.3, -0.25) is 0 Å². The number of nitrogens with two attached hydrogens (primary N) is 1. The minimum Gasteiger partial charge on any atom is -0.396 e. The van der Waals surface area contributed by atoms with Gasteiger partial charge in [-0.25, -0.2) is 4.98 Å². The summed E-state index contributed by atoms with van der Waals surface area (Å²) in [6.07, 6.45) is 1.66. The molecule has 16 heavy (non-hydrogen) atoms. The molecule has 1 heterocycles. The maximum absolute atomic E-state index is 5.88. The molecular formula is C11H9Cl2N3. The summed E-state index contributed by atoms with van der Waals surface area (Å²) in [4.78, 5) is 4.11. The van der Waals surface area contributed by atoms with Crippen LogP contribution in [0.25, 0.3) is 0 Å². The van der Waals surface area contributed by atoms with Crippen molar-refractivity contribution in [1.82, 2.24) is 4.98 Å². The zero-order valence-electron chi connectivity index (χ0n) is 8.24. The summed E-state index contributed by atoms with van der Waals surface area (Å²) in [6.45, 7) is 0. The van der Waals surface area contributed by atoms with E-state index in [1.165, 1.54) is 0 Å². The summed E-state index contributed by atoms with van der Waals surface area (Å²) in [5, 5.41) is 4.17. The number of rotatable bonds is 2. The highest BCUT2D eigenvalue weighted by Gasteiger charge is 2.02. The maximum atomic E-state index is 5.88. The number of benzene rings is 1. The van der Waals surface area contributed by atoms with Gasteiger partial charge in [-0.05, 0) is 30.3 Å². The summed E-state index contributed by atoms with van der Waals surface area (Å²) in [5.74, 6) is 0.584. The Morgan fingerprint density at radius 2 is 1.81 bits per heavy atom. The van der Waals surface area contributed by atoms with E-state index in [9.17, 15) is 0 Å². The Morgan fingerprint density at radius 1 is 1.12 bits per heavy atom. The smallest absolute Gasteiger partial charge is 0.153 e. The third-order valence-corrected chi connectivity index (χ3v) is 2.40. The predicted molar refractivity (Wildman–Crippen MR) is 68.4 cm³/mol. The van der Waals surface area contributed by atoms with Crippen molar-refractivity contribution in [2.45, 2.75) is 0 Å². The Hall–Kier alpha value is -1.45. The normalized spacial score (nSPS) is 10.1. The molecule has 82 valence electrons. The van der Waals surface area contributed by atoms with Crippen LogP contribution in [0.1, 0.15) is 0 Å². The first-order valence-electron chi connectivity index (χ1n) is 4.59. The molecule has 0 aliphatic rings. The molecule has 0 bridgehead atoms. The molecule has 1 aromatic heterocycles. The Morgan fingerprint density at radius 3 is 2.44 bits per heavy atom. The van der Waals surface area contributed by atoms with Gasteiger partial charge in [0, 0.05) is 21.9 Å². The Bertz CT molecular complexity index is 494. The molecule has 0 aliphatic carbocycles. The van der Waals surface area contributed by atoms with E-state index >= 15 is 0 Å². The van der Waals surface area contributed by atoms with E-state index in [-0.39, 0.29) is 0 Å². The van der Waals surface area contributed by atoms with Gasteiger partial charge in [0.05, 0.1) is 5.69 Å². The van der Waals surface area contributed by atoms with Crippen LogP contribution in [-0.4, -0.2) is 4.98 Å². The van der Waals surface area contributed by atoms with Gasteiger partial charge in [-0.15, -0.1) is 0 Å². The second kappa shape index (κ2) is 4.60. The van der Waals surface area contributed by atoms with Gasteiger partial charge in [0.2, 0.25) is 0 Å². The predicted octanol–water partition coefficient (Wildman–Crippen LogP) is 3.71. The van der Waals surface area contributed by atoms with E-state index in [2.05, 4.69) is 10.3 Å². The number of nitrogen functional groups attached to an aromatic ring is 1. The van der Waals surface area contributed by atoms with Crippen molar-refractivity contribution in [2.24, 2.45) is 0 Å². The molecule has 0 unspecified atom stereocenters. The molecule has 3 nitrogen and oxygen atoms in total. The van der Waals surface area contributed by atoms with Gasteiger partial charge in [-0.2, -0.15) is 0 Å². The second-order valence-electron chi connectivity index (χ2n) is 3.22. The number of nitrogens with one attached hydrogen (secondary N) is 1. The molecule has 0 saturated carbocycles. The van der Waals surface area contributed by atoms with E-state index in [1.54, 1.807) is 36.5 Å². The van der Waals surface area contributed by atoms with Crippen molar-refractivity contribution in [3.63, 3.8) is 0 Å². The largest absolute Gasteiger partial charge is 0.396 e. The molecule has 0 atom stereocenters. The standard InChI is InChI=1S/C11H9Cl2N3/c12-7-4-8(13)6-9(5-7)16-11-10(14)2-1-3-15-11/h1-6H,14H2,(H,15,16). The number of pyridine rings is 1. The Labute approximate surface area is 103 Å². The molecule has 0 aliphatic heterocycles. The molecule has 1 aromatic carbocycles. The van der Waals surface area contributed by atoms with E-state index in [4.69, 9.17) is 28.9 Å². The lowest BCUT2D eigenvalue weighted by Crippen LogP contribution is -1.98. The van der Waals surface area contributed by atoms with Gasteiger partial charge >= 0.3 is 0 Å². The fourth-order valence-corrected chi connectivity index (χ4v) is 1.81. The highest BCUT2D eigenvalue weighted by molar-refractivity contribution is 6.35. The van der Waals surface area contributed by atoms with E-state index < -0.39 is 0 Å². The Kier molecular flexibility index (Phi) is 3.17. The van der Waals surface area contributed by atoms with Gasteiger partial charge in [0.25, 0.3) is 0 Å². The highest BCUT2D eigenvalue weighted by atomic mass is 35.5. The van der Waals surface area contributed by atoms with Crippen molar-refractivity contribution in [2.75, 3.05) is 11.1 Å². The zero-order valence-corrected chi connectivity index (χ0v) is 9.76. The number of hydrogen-bond donors (Lipinski definition) is 2. The van der Waals surface area contributed by atoms with Gasteiger partial charge in [0.15, 0.2) is 5.82 Å². The van der Waals surface area contributed by atoms with Crippen molar-refractivity contribution in [1.29, 1.82) is 0 Å². The topological polar surface area (TPSA) is 50.9 Å². The molecule has 2 aromatic rings. The number of nitrogens with zero attached hydrogens (tertiary/aromatic N) is 1. The molecule has 3 N–H and O–H groups in total. The lowest BCUT2D eigenvalue weighted by atomic mass is 10.3. The van der Waals surface area contributed by atoms with Crippen LogP contribution in [0.2, 0.25) is 10.0 Å². The third-order valence-electron chi connectivity index (χ3n) is 1.96. The summed E-state index contributed by atoms with van der Waals surface area (Å²) in [6, 6.07) is 8.70. The quantitative estimate of drug-likeness (QED) is 0.858. The van der Waals surface area contributed by atoms with Crippen molar-refractivity contribution in [3.8, 4) is 0 Å². The fourth-order valence-electron chi connectivity index (χ4n) is 1.28. The second-order valence-corrected chi connectivity index (χ2v) is 4.10. The monoisotopic (exact) mass is 253 g/mol. The van der Waals surface area contributed by atoms with Gasteiger partial charge < -0.3 is 11.1 Å². The Balaban J connectivity index is 2.30. The van der Waals surface area contributed by atoms with Crippen LogP contribution in [0.4, 0.5) is 17.2 Å². The van der Waals surface area contributed by atoms with Crippen LogP contribution in [0.5, 0.6) is 0 Å². The average Bonchev–Trinajstić information content (AvgIpc) is 2.20. The van der Waals surface area contributed by atoms with Crippen LogP contribution in [-0.2, 0) is 0 Å². The van der Waals surface area contributed by atoms with E-state index in [0.717, 1.165) is 5.69 Å². The SMILES string of the molecule is Nc1cccnc1Nc1cc(Cl)cc(Cl)c1. The fraction of sp³-hybridized carbons (Fsp3) is 0. The van der Waals surface area contributed by atoms with Crippen molar-refractivity contribution < 1.29 is 0 Å². The summed E-state index contributed by atoms with van der Waals surface area (Å²) < 4.78 is 0. The van der Waals surface area contributed by atoms with Crippen LogP contribution >= 0.6 is 23.2 Å². The number of anilines is 3. The minimum absolute atomic E-state index is 0.560. The molecule has 0 fully saturated rings. The van der Waals surface area contributed by atoms with Crippen molar-refractivity contribution >= 4 is 40.4 Å². The third kappa shape index (κ3) is 2.56. The molecule has 0 saturated heterocycles. The molecule has 5 heteroatoms. The lowest BCUT2D eigenvalue weighted by molar-refractivity contribution is 1.31. The van der Waals surface area contributed by atoms with E-state index in [1.807, 2.05) is 0 Å². The molecule has 0 amide bonds. The molecule has 0 radical (unpaired) electrons. The van der Waals surface area contributed by atoms with Gasteiger partial charge in [-0.1, -0.05) is 23.2 Å². The first-order valence-corrected chi connectivity index (χ1v) is 5.34. The first kappa shape index (κ1) is 11.0. The summed E-state index contributed by atoms with van der Waals surface area (Å²) in [5.41, 5.74) is 7.07. The zero-order chi connectivity index (χ0) is 11.5. The van der Waals surface area contributed by atoms with Crippen LogP contribution < -0.4 is 11.1 Å². The highest BCUT2D eigenvalue weighted by Crippen LogP contribution is 2.26. The molecule has 2 rings (SSSR count). The van der Waals surface area contributed by atoms with Crippen LogP contribution in [0, 0.1) is 0 Å². The van der Waals surface area contributed by atoms with Crippen LogP contribution in [0.15, 0.2) is 36.5 Å². The molecular weight excluding hydrogens is 245 g/mol. The average molecular weight is 254 g/mol.